The maximum Gasteiger partial charge on any atom is 0.312 e. The van der Waals surface area contributed by atoms with Crippen LogP contribution in [0.1, 0.15) is 0 Å². The van der Waals surface area contributed by atoms with E-state index >= 15 is 0 Å². The van der Waals surface area contributed by atoms with Crippen molar-refractivity contribution < 1.29 is 14.4 Å². The molecule has 0 saturated carbocycles. The lowest BCUT2D eigenvalue weighted by Gasteiger charge is -2.26. The Morgan fingerprint density at radius 1 is 1.12 bits per heavy atom. The highest BCUT2D eigenvalue weighted by Gasteiger charge is 2.22. The first-order valence-corrected chi connectivity index (χ1v) is 5.42. The number of carbonyl (C=O) groups excluding carboxylic acids is 3. The van der Waals surface area contributed by atoms with Crippen LogP contribution >= 0.6 is 0 Å². The number of hydrogen-bond acceptors (Lipinski definition) is 4. The van der Waals surface area contributed by atoms with Crippen molar-refractivity contribution in [2.24, 2.45) is 5.73 Å². The molecule has 4 amide bonds. The molecule has 1 aliphatic heterocycles. The van der Waals surface area contributed by atoms with E-state index in [9.17, 15) is 14.4 Å². The number of nitrogens with zero attached hydrogens (tertiary/aromatic N) is 1. The van der Waals surface area contributed by atoms with Gasteiger partial charge < -0.3 is 26.6 Å². The Labute approximate surface area is 98.9 Å². The second kappa shape index (κ2) is 6.69. The molecule has 1 heterocycles. The highest BCUT2D eigenvalue weighted by molar-refractivity contribution is 6.35. The first kappa shape index (κ1) is 13.2. The molecule has 5 N–H and O–H groups in total. The van der Waals surface area contributed by atoms with E-state index < -0.39 is 17.8 Å². The molecule has 96 valence electrons. The molecule has 1 fully saturated rings. The Hall–Kier alpha value is -1.83. The topological polar surface area (TPSA) is 117 Å². The number of hydrogen-bond donors (Lipinski definition) is 4. The fraction of sp³-hybridized carbons (Fsp3) is 0.667. The molecule has 0 bridgehead atoms. The Bertz CT molecular complexity index is 301. The summed E-state index contributed by atoms with van der Waals surface area (Å²) >= 11 is 0. The monoisotopic (exact) mass is 243 g/mol. The van der Waals surface area contributed by atoms with Gasteiger partial charge in [0, 0.05) is 39.3 Å². The van der Waals surface area contributed by atoms with Gasteiger partial charge in [-0.1, -0.05) is 0 Å². The van der Waals surface area contributed by atoms with Crippen LogP contribution in [-0.2, 0) is 9.59 Å². The molecule has 1 saturated heterocycles. The predicted octanol–water partition coefficient (Wildman–Crippen LogP) is -2.80. The summed E-state index contributed by atoms with van der Waals surface area (Å²) < 4.78 is 0. The Balaban J connectivity index is 2.22. The standard InChI is InChI=1S/C9H17N5O3/c10-9(17)13-2-1-12-7(15)8(16)14-5-3-11-4-6-14/h11H,1-6H2,(H,12,15)(H3,10,13,17). The minimum absolute atomic E-state index is 0.180. The van der Waals surface area contributed by atoms with Gasteiger partial charge in [0.1, 0.15) is 0 Å². The first-order chi connectivity index (χ1) is 8.11. The van der Waals surface area contributed by atoms with Crippen molar-refractivity contribution in [3.05, 3.63) is 0 Å². The number of piperazine rings is 1. The lowest BCUT2D eigenvalue weighted by atomic mass is 10.3. The summed E-state index contributed by atoms with van der Waals surface area (Å²) in [6.07, 6.45) is 0. The zero-order valence-electron chi connectivity index (χ0n) is 9.49. The van der Waals surface area contributed by atoms with E-state index in [1.807, 2.05) is 0 Å². The van der Waals surface area contributed by atoms with E-state index in [0.717, 1.165) is 0 Å². The van der Waals surface area contributed by atoms with Crippen molar-refractivity contribution >= 4 is 17.8 Å². The molecule has 1 rings (SSSR count). The van der Waals surface area contributed by atoms with Gasteiger partial charge in [0.25, 0.3) is 0 Å². The van der Waals surface area contributed by atoms with E-state index in [1.54, 1.807) is 0 Å². The van der Waals surface area contributed by atoms with Crippen LogP contribution < -0.4 is 21.7 Å². The van der Waals surface area contributed by atoms with E-state index in [0.29, 0.717) is 26.2 Å². The summed E-state index contributed by atoms with van der Waals surface area (Å²) in [5.41, 5.74) is 4.84. The number of nitrogens with one attached hydrogen (secondary N) is 3. The molecule has 0 spiro atoms. The normalized spacial score (nSPS) is 15.2. The van der Waals surface area contributed by atoms with E-state index in [4.69, 9.17) is 5.73 Å². The molecule has 1 aliphatic rings. The summed E-state index contributed by atoms with van der Waals surface area (Å²) in [6, 6.07) is -0.660. The van der Waals surface area contributed by atoms with Gasteiger partial charge >= 0.3 is 17.8 Å². The van der Waals surface area contributed by atoms with Gasteiger partial charge in [-0.15, -0.1) is 0 Å². The van der Waals surface area contributed by atoms with Gasteiger partial charge in [-0.2, -0.15) is 0 Å². The molecule has 0 aliphatic carbocycles. The minimum Gasteiger partial charge on any atom is -0.352 e. The van der Waals surface area contributed by atoms with Crippen molar-refractivity contribution in [2.75, 3.05) is 39.3 Å². The lowest BCUT2D eigenvalue weighted by molar-refractivity contribution is -0.146. The van der Waals surface area contributed by atoms with Gasteiger partial charge in [-0.25, -0.2) is 4.79 Å². The highest BCUT2D eigenvalue weighted by Crippen LogP contribution is 1.92. The molecule has 0 atom stereocenters. The summed E-state index contributed by atoms with van der Waals surface area (Å²) in [6.45, 7) is 2.84. The third kappa shape index (κ3) is 4.68. The van der Waals surface area contributed by atoms with E-state index in [2.05, 4.69) is 16.0 Å². The Morgan fingerprint density at radius 3 is 2.29 bits per heavy atom. The maximum atomic E-state index is 11.6. The molecule has 0 aromatic carbocycles. The average Bonchev–Trinajstić information content (AvgIpc) is 2.34. The minimum atomic E-state index is -0.660. The highest BCUT2D eigenvalue weighted by atomic mass is 16.2. The van der Waals surface area contributed by atoms with Crippen molar-refractivity contribution in [2.45, 2.75) is 0 Å². The smallest absolute Gasteiger partial charge is 0.312 e. The second-order valence-electron chi connectivity index (χ2n) is 3.59. The summed E-state index contributed by atoms with van der Waals surface area (Å²) in [4.78, 5) is 34.9. The van der Waals surface area contributed by atoms with Gasteiger partial charge in [0.05, 0.1) is 0 Å². The van der Waals surface area contributed by atoms with Crippen LogP contribution in [0.3, 0.4) is 0 Å². The van der Waals surface area contributed by atoms with Crippen LogP contribution in [0.2, 0.25) is 0 Å². The third-order valence-electron chi connectivity index (χ3n) is 2.31. The summed E-state index contributed by atoms with van der Waals surface area (Å²) in [7, 11) is 0. The maximum absolute atomic E-state index is 11.6. The molecule has 8 heteroatoms. The largest absolute Gasteiger partial charge is 0.352 e. The fourth-order valence-corrected chi connectivity index (χ4v) is 1.45. The van der Waals surface area contributed by atoms with Crippen molar-refractivity contribution in [1.29, 1.82) is 0 Å². The van der Waals surface area contributed by atoms with Crippen LogP contribution in [-0.4, -0.2) is 62.0 Å². The van der Waals surface area contributed by atoms with Gasteiger partial charge in [0.2, 0.25) is 0 Å². The summed E-state index contributed by atoms with van der Waals surface area (Å²) in [5.74, 6) is -1.19. The fourth-order valence-electron chi connectivity index (χ4n) is 1.45. The molecule has 0 aromatic rings. The Morgan fingerprint density at radius 2 is 1.71 bits per heavy atom. The van der Waals surface area contributed by atoms with Crippen molar-refractivity contribution in [3.63, 3.8) is 0 Å². The van der Waals surface area contributed by atoms with Gasteiger partial charge in [-0.3, -0.25) is 9.59 Å². The Kier molecular flexibility index (Phi) is 5.21. The number of rotatable bonds is 3. The van der Waals surface area contributed by atoms with E-state index in [1.165, 1.54) is 4.90 Å². The molecule has 0 aromatic heterocycles. The second-order valence-corrected chi connectivity index (χ2v) is 3.59. The van der Waals surface area contributed by atoms with Crippen LogP contribution in [0.4, 0.5) is 4.79 Å². The molecule has 17 heavy (non-hydrogen) atoms. The quantitative estimate of drug-likeness (QED) is 0.316. The van der Waals surface area contributed by atoms with Crippen LogP contribution in [0.5, 0.6) is 0 Å². The van der Waals surface area contributed by atoms with Gasteiger partial charge in [0.15, 0.2) is 0 Å². The molecule has 8 nitrogen and oxygen atoms in total. The van der Waals surface area contributed by atoms with E-state index in [-0.39, 0.29) is 13.1 Å². The molecule has 0 radical (unpaired) electrons. The number of carbonyl (C=O) groups is 3. The molecular formula is C9H17N5O3. The van der Waals surface area contributed by atoms with Crippen LogP contribution in [0.15, 0.2) is 0 Å². The first-order valence-electron chi connectivity index (χ1n) is 5.42. The van der Waals surface area contributed by atoms with Crippen LogP contribution in [0.25, 0.3) is 0 Å². The SMILES string of the molecule is NC(=O)NCCNC(=O)C(=O)N1CCNCC1. The molecule has 0 unspecified atom stereocenters. The third-order valence-corrected chi connectivity index (χ3v) is 2.31. The number of urea groups is 1. The summed E-state index contributed by atoms with van der Waals surface area (Å²) in [5, 5.41) is 7.81. The number of amides is 4. The van der Waals surface area contributed by atoms with Crippen molar-refractivity contribution in [3.8, 4) is 0 Å². The zero-order chi connectivity index (χ0) is 12.7. The van der Waals surface area contributed by atoms with Crippen LogP contribution in [0, 0.1) is 0 Å². The lowest BCUT2D eigenvalue weighted by Crippen LogP contribution is -2.51. The number of primary amides is 1. The van der Waals surface area contributed by atoms with Gasteiger partial charge in [-0.05, 0) is 0 Å². The number of nitrogens with two attached hydrogens (primary N) is 1. The van der Waals surface area contributed by atoms with Crippen molar-refractivity contribution in [1.82, 2.24) is 20.9 Å². The molecular weight excluding hydrogens is 226 g/mol. The zero-order valence-corrected chi connectivity index (χ0v) is 9.49. The predicted molar refractivity (Wildman–Crippen MR) is 60.0 cm³/mol. The average molecular weight is 243 g/mol.